The van der Waals surface area contributed by atoms with Gasteiger partial charge in [0.05, 0.1) is 28.9 Å². The molecule has 0 saturated carbocycles. The minimum atomic E-state index is -0.363. The number of carbonyl (C=O) groups excluding carboxylic acids is 2. The van der Waals surface area contributed by atoms with Crippen LogP contribution in [0.3, 0.4) is 0 Å². The molecule has 2 heterocycles. The van der Waals surface area contributed by atoms with E-state index in [0.29, 0.717) is 39.4 Å². The predicted molar refractivity (Wildman–Crippen MR) is 125 cm³/mol. The Bertz CT molecular complexity index is 1240. The first-order chi connectivity index (χ1) is 15.5. The van der Waals surface area contributed by atoms with E-state index < -0.39 is 0 Å². The van der Waals surface area contributed by atoms with E-state index in [0.717, 1.165) is 22.6 Å². The molecular weight excluding hydrogens is 446 g/mol. The van der Waals surface area contributed by atoms with Crippen LogP contribution >= 0.6 is 22.7 Å². The SMILES string of the molecule is COc1cc(C(=O)Nc2nc(-c3ccccc3)c(C(C)=O)s2)ccc1OCc1cscn1. The van der Waals surface area contributed by atoms with E-state index in [1.54, 1.807) is 23.7 Å². The van der Waals surface area contributed by atoms with E-state index in [1.807, 2.05) is 35.7 Å². The van der Waals surface area contributed by atoms with E-state index in [4.69, 9.17) is 9.47 Å². The molecular formula is C23H19N3O4S2. The van der Waals surface area contributed by atoms with Gasteiger partial charge in [0, 0.05) is 23.4 Å². The summed E-state index contributed by atoms with van der Waals surface area (Å²) in [7, 11) is 1.51. The number of anilines is 1. The molecule has 4 rings (SSSR count). The first kappa shape index (κ1) is 21.7. The Morgan fingerprint density at radius 3 is 2.59 bits per heavy atom. The first-order valence-electron chi connectivity index (χ1n) is 9.61. The van der Waals surface area contributed by atoms with Crippen LogP contribution in [-0.4, -0.2) is 28.8 Å². The molecule has 7 nitrogen and oxygen atoms in total. The Morgan fingerprint density at radius 2 is 1.91 bits per heavy atom. The van der Waals surface area contributed by atoms with Crippen molar-refractivity contribution in [1.29, 1.82) is 0 Å². The molecule has 0 radical (unpaired) electrons. The molecule has 2 aromatic heterocycles. The highest BCUT2D eigenvalue weighted by Crippen LogP contribution is 2.33. The Labute approximate surface area is 192 Å². The van der Waals surface area contributed by atoms with Gasteiger partial charge >= 0.3 is 0 Å². The van der Waals surface area contributed by atoms with E-state index in [1.165, 1.54) is 25.4 Å². The summed E-state index contributed by atoms with van der Waals surface area (Å²) in [5.74, 6) is 0.473. The fourth-order valence-electron chi connectivity index (χ4n) is 2.96. The Morgan fingerprint density at radius 1 is 1.09 bits per heavy atom. The number of rotatable bonds is 8. The summed E-state index contributed by atoms with van der Waals surface area (Å²) >= 11 is 2.64. The maximum Gasteiger partial charge on any atom is 0.257 e. The zero-order chi connectivity index (χ0) is 22.5. The summed E-state index contributed by atoms with van der Waals surface area (Å²) in [5.41, 5.74) is 4.31. The fourth-order valence-corrected chi connectivity index (χ4v) is 4.38. The molecule has 9 heteroatoms. The molecule has 0 atom stereocenters. The summed E-state index contributed by atoms with van der Waals surface area (Å²) in [6.45, 7) is 1.79. The number of nitrogens with zero attached hydrogens (tertiary/aromatic N) is 2. The van der Waals surface area contributed by atoms with Gasteiger partial charge < -0.3 is 9.47 Å². The maximum atomic E-state index is 12.8. The van der Waals surface area contributed by atoms with E-state index >= 15 is 0 Å². The third kappa shape index (κ3) is 4.84. The van der Waals surface area contributed by atoms with Crippen molar-refractivity contribution in [3.63, 3.8) is 0 Å². The maximum absolute atomic E-state index is 12.8. The van der Waals surface area contributed by atoms with Gasteiger partial charge in [0.15, 0.2) is 22.4 Å². The molecule has 2 aromatic carbocycles. The van der Waals surface area contributed by atoms with E-state index in [-0.39, 0.29) is 11.7 Å². The molecule has 0 saturated heterocycles. The highest BCUT2D eigenvalue weighted by Gasteiger charge is 2.19. The van der Waals surface area contributed by atoms with Gasteiger partial charge in [-0.2, -0.15) is 0 Å². The van der Waals surface area contributed by atoms with Gasteiger partial charge in [-0.1, -0.05) is 41.7 Å². The minimum absolute atomic E-state index is 0.106. The van der Waals surface area contributed by atoms with Crippen LogP contribution in [0.1, 0.15) is 32.6 Å². The third-order valence-electron chi connectivity index (χ3n) is 4.50. The zero-order valence-electron chi connectivity index (χ0n) is 17.3. The molecule has 1 amide bonds. The van der Waals surface area contributed by atoms with Gasteiger partial charge in [-0.15, -0.1) is 11.3 Å². The van der Waals surface area contributed by atoms with Gasteiger partial charge in [-0.25, -0.2) is 9.97 Å². The Hall–Kier alpha value is -3.56. The van der Waals surface area contributed by atoms with Crippen LogP contribution in [0.15, 0.2) is 59.4 Å². The van der Waals surface area contributed by atoms with Gasteiger partial charge in [-0.05, 0) is 18.2 Å². The molecule has 0 aliphatic heterocycles. The molecule has 0 unspecified atom stereocenters. The second-order valence-corrected chi connectivity index (χ2v) is 8.42. The van der Waals surface area contributed by atoms with Crippen molar-refractivity contribution < 1.29 is 19.1 Å². The number of methoxy groups -OCH3 is 1. The molecule has 0 aliphatic rings. The second kappa shape index (κ2) is 9.71. The van der Waals surface area contributed by atoms with Gasteiger partial charge in [-0.3, -0.25) is 14.9 Å². The number of Topliss-reactive ketones (excluding diaryl/α,β-unsaturated/α-hetero) is 1. The van der Waals surface area contributed by atoms with Crippen molar-refractivity contribution in [2.75, 3.05) is 12.4 Å². The van der Waals surface area contributed by atoms with Crippen LogP contribution in [0, 0.1) is 0 Å². The number of hydrogen-bond acceptors (Lipinski definition) is 8. The van der Waals surface area contributed by atoms with Crippen LogP contribution in [0.4, 0.5) is 5.13 Å². The monoisotopic (exact) mass is 465 g/mol. The van der Waals surface area contributed by atoms with Crippen molar-refractivity contribution in [3.05, 3.63) is 75.6 Å². The molecule has 1 N–H and O–H groups in total. The second-order valence-electron chi connectivity index (χ2n) is 6.71. The van der Waals surface area contributed by atoms with Crippen LogP contribution in [0.25, 0.3) is 11.3 Å². The highest BCUT2D eigenvalue weighted by molar-refractivity contribution is 7.18. The molecule has 162 valence electrons. The lowest BCUT2D eigenvalue weighted by atomic mass is 10.1. The Balaban J connectivity index is 1.53. The standard InChI is InChI=1S/C23H19N3O4S2/c1-14(27)21-20(15-6-4-3-5-7-15)25-23(32-21)26-22(28)16-8-9-18(19(10-16)29-2)30-11-17-12-31-13-24-17/h3-10,12-13H,11H2,1-2H3,(H,25,26,28). The number of nitrogens with one attached hydrogen (secondary N) is 1. The van der Waals surface area contributed by atoms with Crippen molar-refractivity contribution >= 4 is 39.5 Å². The molecule has 0 fully saturated rings. The molecule has 4 aromatic rings. The number of carbonyl (C=O) groups is 2. The fraction of sp³-hybridized carbons (Fsp3) is 0.130. The first-order valence-corrected chi connectivity index (χ1v) is 11.4. The smallest absolute Gasteiger partial charge is 0.257 e. The largest absolute Gasteiger partial charge is 0.493 e. The summed E-state index contributed by atoms with van der Waals surface area (Å²) in [6.07, 6.45) is 0. The van der Waals surface area contributed by atoms with Crippen LogP contribution in [-0.2, 0) is 6.61 Å². The van der Waals surface area contributed by atoms with Crippen molar-refractivity contribution in [2.24, 2.45) is 0 Å². The highest BCUT2D eigenvalue weighted by atomic mass is 32.1. The molecule has 32 heavy (non-hydrogen) atoms. The van der Waals surface area contributed by atoms with Gasteiger partial charge in [0.25, 0.3) is 5.91 Å². The average Bonchev–Trinajstić information content (AvgIpc) is 3.48. The van der Waals surface area contributed by atoms with E-state index in [2.05, 4.69) is 15.3 Å². The normalized spacial score (nSPS) is 10.6. The number of amides is 1. The number of ether oxygens (including phenoxy) is 2. The van der Waals surface area contributed by atoms with Crippen molar-refractivity contribution in [1.82, 2.24) is 9.97 Å². The number of hydrogen-bond donors (Lipinski definition) is 1. The van der Waals surface area contributed by atoms with Crippen LogP contribution in [0.5, 0.6) is 11.5 Å². The summed E-state index contributed by atoms with van der Waals surface area (Å²) < 4.78 is 11.1. The quantitative estimate of drug-likeness (QED) is 0.355. The average molecular weight is 466 g/mol. The molecule has 0 bridgehead atoms. The summed E-state index contributed by atoms with van der Waals surface area (Å²) in [6, 6.07) is 14.3. The van der Waals surface area contributed by atoms with Crippen molar-refractivity contribution in [2.45, 2.75) is 13.5 Å². The number of benzene rings is 2. The lowest BCUT2D eigenvalue weighted by molar-refractivity contribution is 0.101. The van der Waals surface area contributed by atoms with Gasteiger partial charge in [0.2, 0.25) is 0 Å². The van der Waals surface area contributed by atoms with Gasteiger partial charge in [0.1, 0.15) is 6.61 Å². The predicted octanol–water partition coefficient (Wildman–Crippen LogP) is 5.31. The lowest BCUT2D eigenvalue weighted by Gasteiger charge is -2.11. The van der Waals surface area contributed by atoms with Crippen molar-refractivity contribution in [3.8, 4) is 22.8 Å². The third-order valence-corrected chi connectivity index (χ3v) is 6.21. The van der Waals surface area contributed by atoms with Crippen LogP contribution < -0.4 is 14.8 Å². The zero-order valence-corrected chi connectivity index (χ0v) is 19.0. The number of aromatic nitrogens is 2. The minimum Gasteiger partial charge on any atom is -0.493 e. The lowest BCUT2D eigenvalue weighted by Crippen LogP contribution is -2.12. The Kier molecular flexibility index (Phi) is 6.58. The van der Waals surface area contributed by atoms with E-state index in [9.17, 15) is 9.59 Å². The topological polar surface area (TPSA) is 90.4 Å². The number of thiazole rings is 2. The van der Waals surface area contributed by atoms with Crippen LogP contribution in [0.2, 0.25) is 0 Å². The summed E-state index contributed by atoms with van der Waals surface area (Å²) in [4.78, 5) is 34.1. The molecule has 0 spiro atoms. The number of ketones is 1. The molecule has 0 aliphatic carbocycles. The summed E-state index contributed by atoms with van der Waals surface area (Å²) in [5, 5.41) is 5.03.